The van der Waals surface area contributed by atoms with Crippen LogP contribution in [0.2, 0.25) is 0 Å². The predicted octanol–water partition coefficient (Wildman–Crippen LogP) is 2.32. The monoisotopic (exact) mass is 384 g/mol. The van der Waals surface area contributed by atoms with E-state index in [4.69, 9.17) is 26.8 Å². The first-order valence-corrected chi connectivity index (χ1v) is 8.34. The lowest BCUT2D eigenvalue weighted by Gasteiger charge is -2.12. The third-order valence-corrected chi connectivity index (χ3v) is 4.02. The largest absolute Gasteiger partial charge is 0.493 e. The highest BCUT2D eigenvalue weighted by molar-refractivity contribution is 7.80. The van der Waals surface area contributed by atoms with Gasteiger partial charge in [0.25, 0.3) is 5.91 Å². The summed E-state index contributed by atoms with van der Waals surface area (Å²) in [5, 5.41) is 14.5. The number of carboxylic acid groups (broad SMARTS) is 1. The molecule has 0 radical (unpaired) electrons. The second-order valence-corrected chi connectivity index (χ2v) is 6.08. The minimum atomic E-state index is -0.972. The Labute approximate surface area is 160 Å². The average molecular weight is 384 g/mol. The minimum absolute atomic E-state index is 0.220. The molecule has 0 atom stereocenters. The van der Waals surface area contributed by atoms with Crippen LogP contribution in [0.15, 0.2) is 48.2 Å². The van der Waals surface area contributed by atoms with Gasteiger partial charge in [-0.05, 0) is 53.7 Å². The van der Waals surface area contributed by atoms with Gasteiger partial charge in [0.1, 0.15) is 12.3 Å². The lowest BCUT2D eigenvalue weighted by atomic mass is 10.1. The van der Waals surface area contributed by atoms with Crippen LogP contribution in [0, 0.1) is 0 Å². The van der Waals surface area contributed by atoms with Gasteiger partial charge in [0.2, 0.25) is 0 Å². The zero-order valence-electron chi connectivity index (χ0n) is 14.3. The summed E-state index contributed by atoms with van der Waals surface area (Å²) >= 11 is 4.90. The predicted molar refractivity (Wildman–Crippen MR) is 103 cm³/mol. The van der Waals surface area contributed by atoms with Gasteiger partial charge in [0.15, 0.2) is 16.6 Å². The first-order chi connectivity index (χ1) is 13.0. The van der Waals surface area contributed by atoms with E-state index in [-0.39, 0.29) is 23.2 Å². The maximum Gasteiger partial charge on any atom is 0.335 e. The fourth-order valence-electron chi connectivity index (χ4n) is 2.45. The number of benzene rings is 2. The van der Waals surface area contributed by atoms with Gasteiger partial charge in [-0.15, -0.1) is 0 Å². The average Bonchev–Trinajstić information content (AvgIpc) is 2.97. The molecule has 2 aromatic carbocycles. The van der Waals surface area contributed by atoms with Crippen LogP contribution in [0.4, 0.5) is 0 Å². The molecule has 3 rings (SSSR count). The Kier molecular flexibility index (Phi) is 5.37. The molecule has 0 spiro atoms. The van der Waals surface area contributed by atoms with E-state index in [0.29, 0.717) is 17.2 Å². The summed E-state index contributed by atoms with van der Waals surface area (Å²) in [5.41, 5.74) is 2.15. The number of thiocarbonyl (C=S) groups is 1. The number of rotatable bonds is 6. The summed E-state index contributed by atoms with van der Waals surface area (Å²) in [6.45, 7) is 0.259. The van der Waals surface area contributed by atoms with E-state index in [9.17, 15) is 9.59 Å². The Hall–Kier alpha value is -3.39. The maximum absolute atomic E-state index is 11.7. The van der Waals surface area contributed by atoms with E-state index in [1.165, 1.54) is 19.2 Å². The van der Waals surface area contributed by atoms with Crippen molar-refractivity contribution in [2.24, 2.45) is 0 Å². The minimum Gasteiger partial charge on any atom is -0.493 e. The number of methoxy groups -OCH3 is 1. The van der Waals surface area contributed by atoms with Crippen LogP contribution in [-0.4, -0.2) is 29.2 Å². The molecule has 0 unspecified atom stereocenters. The molecule has 2 aromatic rings. The fourth-order valence-corrected chi connectivity index (χ4v) is 2.65. The number of carbonyl (C=O) groups excluding carboxylic acids is 1. The molecule has 1 aliphatic heterocycles. The van der Waals surface area contributed by atoms with Gasteiger partial charge in [-0.2, -0.15) is 0 Å². The van der Waals surface area contributed by atoms with Crippen molar-refractivity contribution in [2.75, 3.05) is 7.11 Å². The van der Waals surface area contributed by atoms with Gasteiger partial charge in [-0.25, -0.2) is 4.79 Å². The molecule has 0 bridgehead atoms. The normalized spacial score (nSPS) is 14.6. The number of carboxylic acids is 1. The molecule has 8 heteroatoms. The first-order valence-electron chi connectivity index (χ1n) is 7.93. The molecular formula is C19H16N2O5S. The number of hydrogen-bond acceptors (Lipinski definition) is 5. The van der Waals surface area contributed by atoms with Gasteiger partial charge < -0.3 is 19.9 Å². The summed E-state index contributed by atoms with van der Waals surface area (Å²) in [7, 11) is 1.52. The highest BCUT2D eigenvalue weighted by Gasteiger charge is 2.20. The van der Waals surface area contributed by atoms with Gasteiger partial charge in [0, 0.05) is 0 Å². The molecule has 7 nitrogen and oxygen atoms in total. The Bertz CT molecular complexity index is 938. The van der Waals surface area contributed by atoms with Crippen LogP contribution in [0.3, 0.4) is 0 Å². The second-order valence-electron chi connectivity index (χ2n) is 5.67. The van der Waals surface area contributed by atoms with Crippen molar-refractivity contribution in [2.45, 2.75) is 6.61 Å². The van der Waals surface area contributed by atoms with Crippen molar-refractivity contribution < 1.29 is 24.2 Å². The highest BCUT2D eigenvalue weighted by atomic mass is 32.1. The Balaban J connectivity index is 1.73. The quantitative estimate of drug-likeness (QED) is 0.519. The van der Waals surface area contributed by atoms with Gasteiger partial charge in [-0.1, -0.05) is 18.2 Å². The third-order valence-electron chi connectivity index (χ3n) is 3.81. The number of hydrogen-bond donors (Lipinski definition) is 3. The maximum atomic E-state index is 11.7. The Morgan fingerprint density at radius 2 is 1.89 bits per heavy atom. The summed E-state index contributed by atoms with van der Waals surface area (Å²) in [5.74, 6) is -0.224. The van der Waals surface area contributed by atoms with Gasteiger partial charge in [0.05, 0.1) is 12.7 Å². The number of ether oxygens (including phenoxy) is 2. The zero-order chi connectivity index (χ0) is 19.4. The standard InChI is InChI=1S/C19H16N2O5S/c1-25-16-9-12(8-14-17(22)21-19(27)20-14)4-7-15(16)26-10-11-2-5-13(6-3-11)18(23)24/h2-9H,10H2,1H3,(H,23,24)(H2,20,21,22,27)/b14-8-. The SMILES string of the molecule is COc1cc(/C=C2\NC(=S)NC2=O)ccc1OCc1ccc(C(=O)O)cc1. The second kappa shape index (κ2) is 7.88. The van der Waals surface area contributed by atoms with Crippen LogP contribution < -0.4 is 20.1 Å². The molecule has 0 aliphatic carbocycles. The lowest BCUT2D eigenvalue weighted by Crippen LogP contribution is -2.21. The molecule has 138 valence electrons. The number of carbonyl (C=O) groups is 2. The summed E-state index contributed by atoms with van der Waals surface area (Å²) in [4.78, 5) is 22.6. The Morgan fingerprint density at radius 3 is 2.48 bits per heavy atom. The first kappa shape index (κ1) is 18.4. The summed E-state index contributed by atoms with van der Waals surface area (Å²) < 4.78 is 11.1. The summed E-state index contributed by atoms with van der Waals surface area (Å²) in [6.07, 6.45) is 1.66. The van der Waals surface area contributed by atoms with E-state index >= 15 is 0 Å². The van der Waals surface area contributed by atoms with Crippen molar-refractivity contribution in [3.05, 3.63) is 64.9 Å². The van der Waals surface area contributed by atoms with Crippen LogP contribution in [0.25, 0.3) is 6.08 Å². The van der Waals surface area contributed by atoms with E-state index in [0.717, 1.165) is 11.1 Å². The summed E-state index contributed by atoms with van der Waals surface area (Å²) in [6, 6.07) is 11.7. The van der Waals surface area contributed by atoms with Crippen molar-refractivity contribution in [1.29, 1.82) is 0 Å². The van der Waals surface area contributed by atoms with E-state index in [1.54, 1.807) is 36.4 Å². The molecule has 3 N–H and O–H groups in total. The number of amides is 1. The zero-order valence-corrected chi connectivity index (χ0v) is 15.1. The van der Waals surface area contributed by atoms with E-state index in [2.05, 4.69) is 10.6 Å². The smallest absolute Gasteiger partial charge is 0.335 e. The van der Waals surface area contributed by atoms with Crippen LogP contribution in [0.1, 0.15) is 21.5 Å². The molecule has 27 heavy (non-hydrogen) atoms. The molecular weight excluding hydrogens is 368 g/mol. The van der Waals surface area contributed by atoms with Crippen molar-refractivity contribution in [3.63, 3.8) is 0 Å². The number of aromatic carboxylic acids is 1. The van der Waals surface area contributed by atoms with Crippen molar-refractivity contribution in [1.82, 2.24) is 10.6 Å². The lowest BCUT2D eigenvalue weighted by molar-refractivity contribution is -0.115. The van der Waals surface area contributed by atoms with Gasteiger partial charge >= 0.3 is 5.97 Å². The molecule has 0 saturated carbocycles. The van der Waals surface area contributed by atoms with Gasteiger partial charge in [-0.3, -0.25) is 10.1 Å². The Morgan fingerprint density at radius 1 is 1.15 bits per heavy atom. The van der Waals surface area contributed by atoms with Crippen LogP contribution >= 0.6 is 12.2 Å². The number of nitrogens with one attached hydrogen (secondary N) is 2. The van der Waals surface area contributed by atoms with E-state index < -0.39 is 5.97 Å². The van der Waals surface area contributed by atoms with Crippen LogP contribution in [0.5, 0.6) is 11.5 Å². The molecule has 1 saturated heterocycles. The van der Waals surface area contributed by atoms with Crippen molar-refractivity contribution >= 4 is 35.3 Å². The molecule has 1 fully saturated rings. The van der Waals surface area contributed by atoms with Crippen molar-refractivity contribution in [3.8, 4) is 11.5 Å². The van der Waals surface area contributed by atoms with E-state index in [1.807, 2.05) is 0 Å². The van der Waals surface area contributed by atoms with Crippen LogP contribution in [-0.2, 0) is 11.4 Å². The molecule has 0 aromatic heterocycles. The highest BCUT2D eigenvalue weighted by Crippen LogP contribution is 2.29. The topological polar surface area (TPSA) is 96.9 Å². The molecule has 1 amide bonds. The third kappa shape index (κ3) is 4.42. The molecule has 1 heterocycles. The fraction of sp³-hybridized carbons (Fsp3) is 0.105. The molecule has 1 aliphatic rings.